The van der Waals surface area contributed by atoms with Gasteiger partial charge in [-0.05, 0) is 32.2 Å². The molecule has 1 saturated heterocycles. The monoisotopic (exact) mass is 273 g/mol. The number of aryl methyl sites for hydroxylation is 1. The van der Waals surface area contributed by atoms with Crippen LogP contribution in [0.1, 0.15) is 54.9 Å². The summed E-state index contributed by atoms with van der Waals surface area (Å²) in [7, 11) is 1.96. The van der Waals surface area contributed by atoms with Gasteiger partial charge in [-0.15, -0.1) is 0 Å². The van der Waals surface area contributed by atoms with Crippen LogP contribution in [0.15, 0.2) is 16.9 Å². The number of hydrogen-bond donors (Lipinski definition) is 0. The van der Waals surface area contributed by atoms with Crippen molar-refractivity contribution in [2.24, 2.45) is 7.05 Å². The maximum absolute atomic E-state index is 5.34. The summed E-state index contributed by atoms with van der Waals surface area (Å²) in [5, 5.41) is 8.40. The molecular weight excluding hydrogens is 254 g/mol. The van der Waals surface area contributed by atoms with Crippen LogP contribution in [0.2, 0.25) is 0 Å². The second-order valence-corrected chi connectivity index (χ2v) is 5.90. The third-order valence-corrected chi connectivity index (χ3v) is 4.23. The highest BCUT2D eigenvalue weighted by atomic mass is 16.5. The third kappa shape index (κ3) is 2.24. The van der Waals surface area contributed by atoms with Crippen molar-refractivity contribution in [2.75, 3.05) is 6.54 Å². The van der Waals surface area contributed by atoms with E-state index in [0.29, 0.717) is 12.0 Å². The summed E-state index contributed by atoms with van der Waals surface area (Å²) < 4.78 is 7.21. The van der Waals surface area contributed by atoms with E-state index in [1.165, 1.54) is 31.2 Å². The van der Waals surface area contributed by atoms with Crippen LogP contribution in [-0.2, 0) is 13.6 Å². The lowest BCUT2D eigenvalue weighted by molar-refractivity contribution is 0.238. The maximum Gasteiger partial charge on any atom is 0.229 e. The van der Waals surface area contributed by atoms with E-state index in [9.17, 15) is 0 Å². The van der Waals surface area contributed by atoms with Gasteiger partial charge in [0.1, 0.15) is 0 Å². The van der Waals surface area contributed by atoms with E-state index in [1.54, 1.807) is 0 Å². The van der Waals surface area contributed by atoms with Gasteiger partial charge in [0.25, 0.3) is 0 Å². The van der Waals surface area contributed by atoms with Crippen LogP contribution in [0, 0.1) is 0 Å². The molecule has 2 aromatic rings. The fourth-order valence-electron chi connectivity index (χ4n) is 3.01. The van der Waals surface area contributed by atoms with Crippen molar-refractivity contribution in [2.45, 2.75) is 44.2 Å². The first kappa shape index (κ1) is 12.1. The predicted octanol–water partition coefficient (Wildman–Crippen LogP) is 2.02. The van der Waals surface area contributed by atoms with E-state index in [0.717, 1.165) is 24.8 Å². The Balaban J connectivity index is 1.48. The Morgan fingerprint density at radius 3 is 3.00 bits per heavy atom. The van der Waals surface area contributed by atoms with Gasteiger partial charge in [-0.25, -0.2) is 0 Å². The lowest BCUT2D eigenvalue weighted by atomic mass is 10.1. The van der Waals surface area contributed by atoms with Gasteiger partial charge in [-0.2, -0.15) is 10.1 Å². The molecule has 0 radical (unpaired) electrons. The first-order valence-corrected chi connectivity index (χ1v) is 7.34. The number of aromatic nitrogens is 4. The Hall–Kier alpha value is -1.69. The average molecular weight is 273 g/mol. The number of hydrogen-bond acceptors (Lipinski definition) is 5. The molecule has 6 heteroatoms. The molecule has 1 saturated carbocycles. The molecule has 2 aliphatic rings. The highest BCUT2D eigenvalue weighted by Gasteiger charge is 2.31. The van der Waals surface area contributed by atoms with E-state index < -0.39 is 0 Å². The SMILES string of the molecule is Cn1cc([C@@H]2CCCN2Cc2noc(C3CC3)n2)cn1. The second kappa shape index (κ2) is 4.70. The van der Waals surface area contributed by atoms with E-state index in [1.807, 2.05) is 17.9 Å². The molecule has 0 unspecified atom stereocenters. The Bertz CT molecular complexity index is 600. The number of nitrogens with zero attached hydrogens (tertiary/aromatic N) is 5. The number of rotatable bonds is 4. The van der Waals surface area contributed by atoms with Gasteiger partial charge in [-0.3, -0.25) is 9.58 Å². The van der Waals surface area contributed by atoms with Gasteiger partial charge in [0.05, 0.1) is 12.7 Å². The molecule has 0 spiro atoms. The Kier molecular flexibility index (Phi) is 2.84. The normalized spacial score (nSPS) is 23.6. The van der Waals surface area contributed by atoms with Crippen molar-refractivity contribution in [1.82, 2.24) is 24.8 Å². The third-order valence-electron chi connectivity index (χ3n) is 4.23. The zero-order valence-electron chi connectivity index (χ0n) is 11.7. The van der Waals surface area contributed by atoms with Crippen LogP contribution in [0.3, 0.4) is 0 Å². The molecule has 106 valence electrons. The van der Waals surface area contributed by atoms with Crippen molar-refractivity contribution in [1.29, 1.82) is 0 Å². The van der Waals surface area contributed by atoms with Crippen molar-refractivity contribution < 1.29 is 4.52 Å². The minimum Gasteiger partial charge on any atom is -0.339 e. The van der Waals surface area contributed by atoms with Gasteiger partial charge in [0.15, 0.2) is 5.82 Å². The highest BCUT2D eigenvalue weighted by Crippen LogP contribution is 2.39. The lowest BCUT2D eigenvalue weighted by Gasteiger charge is -2.21. The average Bonchev–Trinajstić information content (AvgIpc) is 2.86. The van der Waals surface area contributed by atoms with Crippen LogP contribution < -0.4 is 0 Å². The van der Waals surface area contributed by atoms with Gasteiger partial charge < -0.3 is 4.52 Å². The quantitative estimate of drug-likeness (QED) is 0.853. The number of likely N-dealkylation sites (tertiary alicyclic amines) is 1. The Labute approximate surface area is 117 Å². The molecule has 0 aromatic carbocycles. The van der Waals surface area contributed by atoms with Gasteiger partial charge >= 0.3 is 0 Å². The molecule has 20 heavy (non-hydrogen) atoms. The summed E-state index contributed by atoms with van der Waals surface area (Å²) in [5.74, 6) is 2.18. The van der Waals surface area contributed by atoms with Crippen molar-refractivity contribution in [3.63, 3.8) is 0 Å². The molecule has 1 aliphatic carbocycles. The molecule has 0 N–H and O–H groups in total. The first-order chi connectivity index (χ1) is 9.79. The molecule has 0 amide bonds. The topological polar surface area (TPSA) is 60.0 Å². The Morgan fingerprint density at radius 2 is 2.25 bits per heavy atom. The fraction of sp³-hybridized carbons (Fsp3) is 0.643. The van der Waals surface area contributed by atoms with Gasteiger partial charge in [0.2, 0.25) is 5.89 Å². The van der Waals surface area contributed by atoms with Crippen LogP contribution >= 0.6 is 0 Å². The summed E-state index contributed by atoms with van der Waals surface area (Å²) in [6.07, 6.45) is 8.86. The zero-order chi connectivity index (χ0) is 13.5. The van der Waals surface area contributed by atoms with Crippen molar-refractivity contribution in [3.05, 3.63) is 29.7 Å². The molecule has 1 aliphatic heterocycles. The van der Waals surface area contributed by atoms with Crippen LogP contribution in [0.4, 0.5) is 0 Å². The van der Waals surface area contributed by atoms with Crippen LogP contribution in [0.25, 0.3) is 0 Å². The van der Waals surface area contributed by atoms with Crippen molar-refractivity contribution in [3.8, 4) is 0 Å². The van der Waals surface area contributed by atoms with Crippen LogP contribution in [-0.4, -0.2) is 31.4 Å². The lowest BCUT2D eigenvalue weighted by Crippen LogP contribution is -2.23. The summed E-state index contributed by atoms with van der Waals surface area (Å²) >= 11 is 0. The van der Waals surface area contributed by atoms with Crippen LogP contribution in [0.5, 0.6) is 0 Å². The summed E-state index contributed by atoms with van der Waals surface area (Å²) in [6, 6.07) is 0.437. The summed E-state index contributed by atoms with van der Waals surface area (Å²) in [5.41, 5.74) is 1.29. The molecule has 2 aromatic heterocycles. The minimum absolute atomic E-state index is 0.437. The predicted molar refractivity (Wildman–Crippen MR) is 71.9 cm³/mol. The molecule has 2 fully saturated rings. The van der Waals surface area contributed by atoms with Gasteiger partial charge in [-0.1, -0.05) is 5.16 Å². The molecular formula is C14H19N5O. The second-order valence-electron chi connectivity index (χ2n) is 5.90. The zero-order valence-corrected chi connectivity index (χ0v) is 11.7. The van der Waals surface area contributed by atoms with Crippen molar-refractivity contribution >= 4 is 0 Å². The van der Waals surface area contributed by atoms with Gasteiger partial charge in [0, 0.05) is 30.8 Å². The Morgan fingerprint density at radius 1 is 1.35 bits per heavy atom. The smallest absolute Gasteiger partial charge is 0.229 e. The minimum atomic E-state index is 0.437. The van der Waals surface area contributed by atoms with E-state index in [4.69, 9.17) is 4.52 Å². The molecule has 4 rings (SSSR count). The molecule has 3 heterocycles. The van der Waals surface area contributed by atoms with E-state index in [2.05, 4.69) is 26.3 Å². The maximum atomic E-state index is 5.34. The van der Waals surface area contributed by atoms with E-state index >= 15 is 0 Å². The molecule has 6 nitrogen and oxygen atoms in total. The van der Waals surface area contributed by atoms with E-state index in [-0.39, 0.29) is 0 Å². The molecule has 0 bridgehead atoms. The largest absolute Gasteiger partial charge is 0.339 e. The standard InChI is InChI=1S/C14H19N5O/c1-18-8-11(7-15-18)12-3-2-6-19(12)9-13-16-14(20-17-13)10-4-5-10/h7-8,10,12H,2-6,9H2,1H3/t12-/m0/s1. The summed E-state index contributed by atoms with van der Waals surface area (Å²) in [4.78, 5) is 6.96. The molecule has 1 atom stereocenters. The summed E-state index contributed by atoms with van der Waals surface area (Å²) in [6.45, 7) is 1.86. The first-order valence-electron chi connectivity index (χ1n) is 7.34. The fourth-order valence-corrected chi connectivity index (χ4v) is 3.01. The highest BCUT2D eigenvalue weighted by molar-refractivity contribution is 5.12.